The van der Waals surface area contributed by atoms with Crippen LogP contribution >= 0.6 is 0 Å². The molecule has 0 aliphatic heterocycles. The van der Waals surface area contributed by atoms with Crippen LogP contribution in [0, 0.1) is 6.92 Å². The van der Waals surface area contributed by atoms with E-state index in [1.54, 1.807) is 0 Å². The van der Waals surface area contributed by atoms with Crippen LogP contribution in [0.15, 0.2) is 18.2 Å². The SMILES string of the molecule is CCOc1ccc(CNCC=O)cc1C. The van der Waals surface area contributed by atoms with E-state index in [0.717, 1.165) is 23.2 Å². The maximum absolute atomic E-state index is 10.1. The van der Waals surface area contributed by atoms with Crippen molar-refractivity contribution in [3.8, 4) is 5.75 Å². The normalized spacial score (nSPS) is 10.0. The number of benzene rings is 1. The molecule has 82 valence electrons. The third-order valence-corrected chi connectivity index (χ3v) is 2.10. The molecule has 0 radical (unpaired) electrons. The number of hydrogen-bond acceptors (Lipinski definition) is 3. The van der Waals surface area contributed by atoms with Crippen LogP contribution in [0.4, 0.5) is 0 Å². The van der Waals surface area contributed by atoms with Gasteiger partial charge < -0.3 is 14.8 Å². The highest BCUT2D eigenvalue weighted by Crippen LogP contribution is 2.18. The van der Waals surface area contributed by atoms with Crippen molar-refractivity contribution in [2.24, 2.45) is 0 Å². The van der Waals surface area contributed by atoms with Gasteiger partial charge in [-0.3, -0.25) is 0 Å². The number of hydrogen-bond donors (Lipinski definition) is 1. The fourth-order valence-corrected chi connectivity index (χ4v) is 1.41. The lowest BCUT2D eigenvalue weighted by atomic mass is 10.1. The van der Waals surface area contributed by atoms with Crippen LogP contribution in [0.1, 0.15) is 18.1 Å². The second kappa shape index (κ2) is 6.19. The lowest BCUT2D eigenvalue weighted by Crippen LogP contribution is -2.15. The van der Waals surface area contributed by atoms with Gasteiger partial charge in [0.25, 0.3) is 0 Å². The van der Waals surface area contributed by atoms with Gasteiger partial charge in [0, 0.05) is 6.54 Å². The zero-order valence-corrected chi connectivity index (χ0v) is 9.25. The van der Waals surface area contributed by atoms with Crippen molar-refractivity contribution in [3.05, 3.63) is 29.3 Å². The summed E-state index contributed by atoms with van der Waals surface area (Å²) >= 11 is 0. The highest BCUT2D eigenvalue weighted by Gasteiger charge is 1.99. The first-order valence-electron chi connectivity index (χ1n) is 5.14. The second-order valence-corrected chi connectivity index (χ2v) is 3.33. The van der Waals surface area contributed by atoms with Crippen LogP contribution in [0.3, 0.4) is 0 Å². The van der Waals surface area contributed by atoms with Gasteiger partial charge in [-0.15, -0.1) is 0 Å². The van der Waals surface area contributed by atoms with Crippen molar-refractivity contribution in [2.75, 3.05) is 13.2 Å². The predicted octanol–water partition coefficient (Wildman–Crippen LogP) is 1.68. The monoisotopic (exact) mass is 207 g/mol. The Hall–Kier alpha value is -1.35. The van der Waals surface area contributed by atoms with E-state index >= 15 is 0 Å². The minimum Gasteiger partial charge on any atom is -0.494 e. The summed E-state index contributed by atoms with van der Waals surface area (Å²) < 4.78 is 5.44. The lowest BCUT2D eigenvalue weighted by Gasteiger charge is -2.09. The van der Waals surface area contributed by atoms with Crippen LogP contribution < -0.4 is 10.1 Å². The summed E-state index contributed by atoms with van der Waals surface area (Å²) in [6.45, 7) is 5.79. The summed E-state index contributed by atoms with van der Waals surface area (Å²) in [6.07, 6.45) is 0.863. The molecule has 1 aromatic rings. The van der Waals surface area contributed by atoms with E-state index < -0.39 is 0 Å². The first kappa shape index (κ1) is 11.7. The first-order chi connectivity index (χ1) is 7.27. The summed E-state index contributed by atoms with van der Waals surface area (Å²) in [7, 11) is 0. The van der Waals surface area contributed by atoms with E-state index in [9.17, 15) is 4.79 Å². The summed E-state index contributed by atoms with van der Waals surface area (Å²) in [4.78, 5) is 10.1. The molecule has 3 nitrogen and oxygen atoms in total. The van der Waals surface area contributed by atoms with E-state index in [1.807, 2.05) is 26.0 Å². The van der Waals surface area contributed by atoms with Gasteiger partial charge in [0.15, 0.2) is 0 Å². The molecule has 0 heterocycles. The molecule has 0 saturated heterocycles. The molecule has 0 spiro atoms. The van der Waals surface area contributed by atoms with Crippen LogP contribution in [-0.2, 0) is 11.3 Å². The highest BCUT2D eigenvalue weighted by molar-refractivity contribution is 5.51. The fourth-order valence-electron chi connectivity index (χ4n) is 1.41. The van der Waals surface area contributed by atoms with Crippen molar-refractivity contribution in [1.82, 2.24) is 5.32 Å². The molecule has 0 fully saturated rings. The lowest BCUT2D eigenvalue weighted by molar-refractivity contribution is -0.107. The topological polar surface area (TPSA) is 38.3 Å². The van der Waals surface area contributed by atoms with E-state index in [2.05, 4.69) is 11.4 Å². The zero-order chi connectivity index (χ0) is 11.1. The van der Waals surface area contributed by atoms with Gasteiger partial charge in [-0.2, -0.15) is 0 Å². The largest absolute Gasteiger partial charge is 0.494 e. The number of rotatable bonds is 6. The van der Waals surface area contributed by atoms with Crippen LogP contribution in [0.2, 0.25) is 0 Å². The molecule has 1 aromatic carbocycles. The Morgan fingerprint density at radius 1 is 1.47 bits per heavy atom. The number of ether oxygens (including phenoxy) is 1. The Morgan fingerprint density at radius 2 is 2.27 bits per heavy atom. The summed E-state index contributed by atoms with van der Waals surface area (Å²) in [6, 6.07) is 6.05. The molecule has 0 amide bonds. The Balaban J connectivity index is 2.60. The van der Waals surface area contributed by atoms with E-state index in [4.69, 9.17) is 4.74 Å². The molecule has 1 rings (SSSR count). The van der Waals surface area contributed by atoms with Gasteiger partial charge in [0.05, 0.1) is 13.2 Å². The summed E-state index contributed by atoms with van der Waals surface area (Å²) in [5.41, 5.74) is 2.29. The van der Waals surface area contributed by atoms with Gasteiger partial charge in [-0.05, 0) is 31.0 Å². The predicted molar refractivity (Wildman–Crippen MR) is 60.1 cm³/mol. The van der Waals surface area contributed by atoms with E-state index in [1.165, 1.54) is 0 Å². The van der Waals surface area contributed by atoms with Crippen molar-refractivity contribution < 1.29 is 9.53 Å². The molecule has 0 aliphatic carbocycles. The van der Waals surface area contributed by atoms with E-state index in [0.29, 0.717) is 19.7 Å². The maximum Gasteiger partial charge on any atom is 0.133 e. The zero-order valence-electron chi connectivity index (χ0n) is 9.25. The number of aldehydes is 1. The standard InChI is InChI=1S/C12H17NO2/c1-3-15-12-5-4-11(8-10(12)2)9-13-6-7-14/h4-5,7-8,13H,3,6,9H2,1-2H3. The Bertz CT molecular complexity index is 323. The number of carbonyl (C=O) groups excluding carboxylic acids is 1. The smallest absolute Gasteiger partial charge is 0.133 e. The molecule has 0 aromatic heterocycles. The average molecular weight is 207 g/mol. The summed E-state index contributed by atoms with van der Waals surface area (Å²) in [5.74, 6) is 0.927. The molecular weight excluding hydrogens is 190 g/mol. The van der Waals surface area contributed by atoms with Gasteiger partial charge in [-0.25, -0.2) is 0 Å². The molecule has 15 heavy (non-hydrogen) atoms. The van der Waals surface area contributed by atoms with Gasteiger partial charge in [-0.1, -0.05) is 12.1 Å². The Morgan fingerprint density at radius 3 is 2.87 bits per heavy atom. The summed E-state index contributed by atoms with van der Waals surface area (Å²) in [5, 5.41) is 3.02. The molecule has 0 saturated carbocycles. The molecule has 0 unspecified atom stereocenters. The quantitative estimate of drug-likeness (QED) is 0.569. The Kier molecular flexibility index (Phi) is 4.84. The minimum atomic E-state index is 0.395. The molecule has 3 heteroatoms. The number of carbonyl (C=O) groups is 1. The third-order valence-electron chi connectivity index (χ3n) is 2.10. The molecule has 0 bridgehead atoms. The second-order valence-electron chi connectivity index (χ2n) is 3.33. The van der Waals surface area contributed by atoms with Crippen molar-refractivity contribution in [1.29, 1.82) is 0 Å². The van der Waals surface area contributed by atoms with Gasteiger partial charge >= 0.3 is 0 Å². The van der Waals surface area contributed by atoms with Crippen LogP contribution in [0.5, 0.6) is 5.75 Å². The maximum atomic E-state index is 10.1. The van der Waals surface area contributed by atoms with Gasteiger partial charge in [0.2, 0.25) is 0 Å². The van der Waals surface area contributed by atoms with Crippen molar-refractivity contribution >= 4 is 6.29 Å². The average Bonchev–Trinajstić information content (AvgIpc) is 2.23. The van der Waals surface area contributed by atoms with Crippen molar-refractivity contribution in [3.63, 3.8) is 0 Å². The third kappa shape index (κ3) is 3.72. The van der Waals surface area contributed by atoms with Crippen LogP contribution in [0.25, 0.3) is 0 Å². The number of aryl methyl sites for hydroxylation is 1. The van der Waals surface area contributed by atoms with Crippen molar-refractivity contribution in [2.45, 2.75) is 20.4 Å². The first-order valence-corrected chi connectivity index (χ1v) is 5.14. The molecule has 0 atom stereocenters. The Labute approximate surface area is 90.4 Å². The minimum absolute atomic E-state index is 0.395. The highest BCUT2D eigenvalue weighted by atomic mass is 16.5. The number of nitrogens with one attached hydrogen (secondary N) is 1. The molecule has 1 N–H and O–H groups in total. The fraction of sp³-hybridized carbons (Fsp3) is 0.417. The molecular formula is C12H17NO2. The van der Waals surface area contributed by atoms with Crippen LogP contribution in [-0.4, -0.2) is 19.4 Å². The molecule has 0 aliphatic rings. The van der Waals surface area contributed by atoms with E-state index in [-0.39, 0.29) is 0 Å². The van der Waals surface area contributed by atoms with Gasteiger partial charge in [0.1, 0.15) is 12.0 Å².